The minimum atomic E-state index is -0.928. The van der Waals surface area contributed by atoms with Crippen LogP contribution in [0.25, 0.3) is 0 Å². The average molecular weight is 367 g/mol. The zero-order valence-electron chi connectivity index (χ0n) is 12.1. The maximum atomic E-state index is 14.0. The Bertz CT molecular complexity index is 470. The van der Waals surface area contributed by atoms with E-state index < -0.39 is 11.6 Å². The van der Waals surface area contributed by atoms with Gasteiger partial charge in [0, 0.05) is 37.1 Å². The SMILES string of the molecule is [CH2-]Oc1ccc(C2CCC(/C=C/C)CC2)c(F)c1F.[V].[V]. The van der Waals surface area contributed by atoms with Crippen LogP contribution in [0, 0.1) is 24.7 Å². The smallest absolute Gasteiger partial charge is 0.198 e. The third-order valence-corrected chi connectivity index (χ3v) is 3.91. The van der Waals surface area contributed by atoms with Crippen molar-refractivity contribution < 1.29 is 50.6 Å². The molecule has 0 aromatic heterocycles. The normalized spacial score (nSPS) is 21.5. The molecule has 21 heavy (non-hydrogen) atoms. The molecule has 0 spiro atoms. The molecule has 0 aliphatic heterocycles. The van der Waals surface area contributed by atoms with Gasteiger partial charge in [0.15, 0.2) is 11.6 Å². The van der Waals surface area contributed by atoms with Crippen molar-refractivity contribution in [3.8, 4) is 5.75 Å². The van der Waals surface area contributed by atoms with Crippen LogP contribution in [0.4, 0.5) is 8.78 Å². The largest absolute Gasteiger partial charge is 0.663 e. The molecular formula is C16H19F2OV2-. The van der Waals surface area contributed by atoms with Gasteiger partial charge in [0.2, 0.25) is 0 Å². The van der Waals surface area contributed by atoms with E-state index in [4.69, 9.17) is 0 Å². The number of benzene rings is 1. The van der Waals surface area contributed by atoms with Crippen molar-refractivity contribution in [2.45, 2.75) is 38.5 Å². The summed E-state index contributed by atoms with van der Waals surface area (Å²) in [4.78, 5) is 0. The van der Waals surface area contributed by atoms with E-state index in [2.05, 4.69) is 24.0 Å². The maximum absolute atomic E-state index is 14.0. The molecule has 1 fully saturated rings. The van der Waals surface area contributed by atoms with Gasteiger partial charge in [0.05, 0.1) is 0 Å². The molecule has 1 aliphatic rings. The number of allylic oxidation sites excluding steroid dienone is 2. The van der Waals surface area contributed by atoms with E-state index in [1.54, 1.807) is 6.07 Å². The third kappa shape index (κ3) is 4.89. The predicted molar refractivity (Wildman–Crippen MR) is 71.9 cm³/mol. The monoisotopic (exact) mass is 367 g/mol. The minimum absolute atomic E-state index is 0. The first-order chi connectivity index (χ1) is 9.17. The van der Waals surface area contributed by atoms with Crippen molar-refractivity contribution in [3.63, 3.8) is 0 Å². The van der Waals surface area contributed by atoms with E-state index in [1.165, 1.54) is 6.07 Å². The molecule has 2 rings (SSSR count). The first-order valence-electron chi connectivity index (χ1n) is 6.70. The quantitative estimate of drug-likeness (QED) is 0.541. The Morgan fingerprint density at radius 1 is 1.10 bits per heavy atom. The number of halogens is 2. The molecule has 5 heteroatoms. The topological polar surface area (TPSA) is 9.23 Å². The molecule has 0 amide bonds. The summed E-state index contributed by atoms with van der Waals surface area (Å²) in [6.07, 6.45) is 8.12. The van der Waals surface area contributed by atoms with E-state index in [-0.39, 0.29) is 48.8 Å². The van der Waals surface area contributed by atoms with Crippen molar-refractivity contribution >= 4 is 0 Å². The first kappa shape index (κ1) is 20.8. The Balaban J connectivity index is 0.00000200. The van der Waals surface area contributed by atoms with Crippen LogP contribution < -0.4 is 4.74 Å². The Morgan fingerprint density at radius 2 is 1.71 bits per heavy atom. The zero-order chi connectivity index (χ0) is 13.8. The van der Waals surface area contributed by atoms with Crippen LogP contribution in [-0.4, -0.2) is 0 Å². The van der Waals surface area contributed by atoms with Gasteiger partial charge in [-0.25, -0.2) is 4.39 Å². The number of hydrogen-bond acceptors (Lipinski definition) is 1. The van der Waals surface area contributed by atoms with Crippen LogP contribution in [0.3, 0.4) is 0 Å². The molecule has 0 atom stereocenters. The van der Waals surface area contributed by atoms with Gasteiger partial charge in [-0.3, -0.25) is 0 Å². The fraction of sp³-hybridized carbons (Fsp3) is 0.438. The van der Waals surface area contributed by atoms with Gasteiger partial charge in [0.25, 0.3) is 0 Å². The average Bonchev–Trinajstić information content (AvgIpc) is 2.43. The van der Waals surface area contributed by atoms with Crippen LogP contribution in [0.1, 0.15) is 44.1 Å². The van der Waals surface area contributed by atoms with Gasteiger partial charge in [-0.1, -0.05) is 18.2 Å². The van der Waals surface area contributed by atoms with Gasteiger partial charge >= 0.3 is 0 Å². The molecule has 0 N–H and O–H groups in total. The second-order valence-electron chi connectivity index (χ2n) is 5.06. The van der Waals surface area contributed by atoms with Crippen molar-refractivity contribution in [1.29, 1.82) is 0 Å². The number of hydrogen-bond donors (Lipinski definition) is 0. The van der Waals surface area contributed by atoms with Crippen LogP contribution in [0.5, 0.6) is 5.75 Å². The molecule has 0 saturated heterocycles. The maximum Gasteiger partial charge on any atom is 0.198 e. The van der Waals surface area contributed by atoms with E-state index in [1.807, 2.05) is 6.92 Å². The summed E-state index contributed by atoms with van der Waals surface area (Å²) in [7, 11) is 3.12. The van der Waals surface area contributed by atoms with Gasteiger partial charge in [0.1, 0.15) is 5.75 Å². The summed E-state index contributed by atoms with van der Waals surface area (Å²) in [5.74, 6) is -1.16. The van der Waals surface area contributed by atoms with Crippen molar-refractivity contribution in [3.05, 3.63) is 48.6 Å². The zero-order valence-corrected chi connectivity index (χ0v) is 14.9. The molecule has 1 aromatic carbocycles. The van der Waals surface area contributed by atoms with E-state index >= 15 is 0 Å². The Kier molecular flexibility index (Phi) is 9.64. The molecule has 2 radical (unpaired) electrons. The summed E-state index contributed by atoms with van der Waals surface area (Å²) in [5.41, 5.74) is 0.470. The number of ether oxygens (including phenoxy) is 1. The van der Waals surface area contributed by atoms with Crippen molar-refractivity contribution in [1.82, 2.24) is 0 Å². The molecule has 1 nitrogen and oxygen atoms in total. The van der Waals surface area contributed by atoms with Gasteiger partial charge < -0.3 is 4.74 Å². The second-order valence-corrected chi connectivity index (χ2v) is 5.06. The predicted octanol–water partition coefficient (Wildman–Crippen LogP) is 4.98. The van der Waals surface area contributed by atoms with Crippen LogP contribution >= 0.6 is 0 Å². The molecule has 114 valence electrons. The third-order valence-electron chi connectivity index (χ3n) is 3.91. The molecule has 1 aliphatic carbocycles. The number of rotatable bonds is 3. The molecular weight excluding hydrogens is 348 g/mol. The molecule has 1 saturated carbocycles. The molecule has 0 bridgehead atoms. The van der Waals surface area contributed by atoms with Crippen molar-refractivity contribution in [2.24, 2.45) is 5.92 Å². The Labute approximate surface area is 149 Å². The Morgan fingerprint density at radius 3 is 2.24 bits per heavy atom. The van der Waals surface area contributed by atoms with E-state index in [9.17, 15) is 8.78 Å². The van der Waals surface area contributed by atoms with Gasteiger partial charge in [-0.15, -0.1) is 0 Å². The van der Waals surface area contributed by atoms with Crippen molar-refractivity contribution in [2.75, 3.05) is 0 Å². The summed E-state index contributed by atoms with van der Waals surface area (Å²) in [5, 5.41) is 0. The van der Waals surface area contributed by atoms with E-state index in [0.29, 0.717) is 11.5 Å². The summed E-state index contributed by atoms with van der Waals surface area (Å²) >= 11 is 0. The van der Waals surface area contributed by atoms with Crippen LogP contribution in [-0.2, 0) is 37.1 Å². The van der Waals surface area contributed by atoms with Gasteiger partial charge in [-0.05, 0) is 56.1 Å². The summed E-state index contributed by atoms with van der Waals surface area (Å²) < 4.78 is 32.2. The standard InChI is InChI=1S/C16H19F2O.2V/c1-3-4-11-5-7-12(8-6-11)13-9-10-14(19-2)16(18)15(13)17;;/h3-4,9-12H,2,5-8H2,1H3;;/q-1;;/b4-3+;;. The molecule has 1 aromatic rings. The van der Waals surface area contributed by atoms with Gasteiger partial charge in [-0.2, -0.15) is 11.5 Å². The second kappa shape index (κ2) is 9.73. The molecule has 0 unspecified atom stereocenters. The fourth-order valence-corrected chi connectivity index (χ4v) is 2.87. The van der Waals surface area contributed by atoms with Crippen LogP contribution in [0.15, 0.2) is 24.3 Å². The first-order valence-corrected chi connectivity index (χ1v) is 6.70. The van der Waals surface area contributed by atoms with E-state index in [0.717, 1.165) is 25.7 Å². The van der Waals surface area contributed by atoms with Crippen LogP contribution in [0.2, 0.25) is 0 Å². The summed E-state index contributed by atoms with van der Waals surface area (Å²) in [6, 6.07) is 3.08. The minimum Gasteiger partial charge on any atom is -0.663 e. The Hall–Kier alpha value is -0.211. The fourth-order valence-electron chi connectivity index (χ4n) is 2.87. The molecule has 0 heterocycles. The summed E-state index contributed by atoms with van der Waals surface area (Å²) in [6.45, 7) is 2.01.